The number of nitrogens with one attached hydrogen (secondary N) is 2. The number of rotatable bonds is 5. The van der Waals surface area contributed by atoms with Gasteiger partial charge in [-0.3, -0.25) is 14.5 Å². The second-order valence-electron chi connectivity index (χ2n) is 6.58. The van der Waals surface area contributed by atoms with E-state index in [0.29, 0.717) is 22.3 Å². The summed E-state index contributed by atoms with van der Waals surface area (Å²) in [7, 11) is 0. The largest absolute Gasteiger partial charge is 0.326 e. The molecule has 1 fully saturated rings. The van der Waals surface area contributed by atoms with Gasteiger partial charge >= 0.3 is 0 Å². The van der Waals surface area contributed by atoms with Crippen molar-refractivity contribution in [2.24, 2.45) is 5.92 Å². The molecular formula is C20H21Cl2N3O2. The lowest BCUT2D eigenvalue weighted by Crippen LogP contribution is -2.44. The monoisotopic (exact) mass is 405 g/mol. The molecule has 3 rings (SSSR count). The van der Waals surface area contributed by atoms with Crippen molar-refractivity contribution in [2.75, 3.05) is 30.3 Å². The van der Waals surface area contributed by atoms with Gasteiger partial charge in [0.25, 0.3) is 0 Å². The van der Waals surface area contributed by atoms with Crippen molar-refractivity contribution < 1.29 is 9.59 Å². The number of carbonyl (C=O) groups excluding carboxylic acids is 2. The van der Waals surface area contributed by atoms with Gasteiger partial charge in [0.15, 0.2) is 0 Å². The van der Waals surface area contributed by atoms with Gasteiger partial charge in [-0.1, -0.05) is 47.5 Å². The first-order valence-corrected chi connectivity index (χ1v) is 9.60. The number of benzene rings is 2. The predicted octanol–water partition coefficient (Wildman–Crippen LogP) is 4.28. The van der Waals surface area contributed by atoms with Crippen LogP contribution >= 0.6 is 23.2 Å². The predicted molar refractivity (Wildman–Crippen MR) is 109 cm³/mol. The average molecular weight is 406 g/mol. The molecule has 0 aromatic heterocycles. The minimum atomic E-state index is -0.178. The summed E-state index contributed by atoms with van der Waals surface area (Å²) in [6, 6.07) is 14.5. The highest BCUT2D eigenvalue weighted by molar-refractivity contribution is 6.44. The maximum absolute atomic E-state index is 12.5. The standard InChI is InChI=1S/C20H21Cl2N3O2/c21-16-9-4-10-17(19(16)22)24-18(26)13-25-11-5-6-14(12-25)20(27)23-15-7-2-1-3-8-15/h1-4,7-10,14H,5-6,11-13H2,(H,23,27)(H,24,26)/t14-/m0/s1. The molecule has 0 aliphatic carbocycles. The molecule has 0 saturated carbocycles. The second-order valence-corrected chi connectivity index (χ2v) is 7.36. The molecule has 2 aromatic rings. The van der Waals surface area contributed by atoms with Crippen molar-refractivity contribution in [3.8, 4) is 0 Å². The number of amides is 2. The van der Waals surface area contributed by atoms with Crippen molar-refractivity contribution in [3.05, 3.63) is 58.6 Å². The van der Waals surface area contributed by atoms with E-state index in [-0.39, 0.29) is 24.3 Å². The van der Waals surface area contributed by atoms with Crippen molar-refractivity contribution in [2.45, 2.75) is 12.8 Å². The molecule has 1 aliphatic rings. The fourth-order valence-electron chi connectivity index (χ4n) is 3.17. The first-order chi connectivity index (χ1) is 13.0. The van der Waals surface area contributed by atoms with Crippen LogP contribution in [0.3, 0.4) is 0 Å². The van der Waals surface area contributed by atoms with Crippen LogP contribution in [0.5, 0.6) is 0 Å². The lowest BCUT2D eigenvalue weighted by Gasteiger charge is -2.31. The third-order valence-corrected chi connectivity index (χ3v) is 5.33. The molecule has 0 spiro atoms. The Labute approximate surface area is 168 Å². The van der Waals surface area contributed by atoms with Crippen molar-refractivity contribution in [1.29, 1.82) is 0 Å². The van der Waals surface area contributed by atoms with E-state index in [1.165, 1.54) is 0 Å². The molecule has 0 radical (unpaired) electrons. The molecule has 2 aromatic carbocycles. The topological polar surface area (TPSA) is 61.4 Å². The number of piperidine rings is 1. The van der Waals surface area contributed by atoms with E-state index >= 15 is 0 Å². The molecular weight excluding hydrogens is 385 g/mol. The van der Waals surface area contributed by atoms with Gasteiger partial charge in [-0.25, -0.2) is 0 Å². The molecule has 1 heterocycles. The number of para-hydroxylation sites is 1. The van der Waals surface area contributed by atoms with E-state index in [9.17, 15) is 9.59 Å². The molecule has 0 unspecified atom stereocenters. The fourth-order valence-corrected chi connectivity index (χ4v) is 3.52. The van der Waals surface area contributed by atoms with Gasteiger partial charge in [0, 0.05) is 12.2 Å². The molecule has 7 heteroatoms. The van der Waals surface area contributed by atoms with Crippen LogP contribution in [0, 0.1) is 5.92 Å². The van der Waals surface area contributed by atoms with E-state index in [1.807, 2.05) is 35.2 Å². The summed E-state index contributed by atoms with van der Waals surface area (Å²) in [5, 5.41) is 6.44. The van der Waals surface area contributed by atoms with E-state index in [0.717, 1.165) is 25.1 Å². The first-order valence-electron chi connectivity index (χ1n) is 8.85. The molecule has 5 nitrogen and oxygen atoms in total. The van der Waals surface area contributed by atoms with Gasteiger partial charge in [-0.2, -0.15) is 0 Å². The van der Waals surface area contributed by atoms with E-state index < -0.39 is 0 Å². The number of nitrogens with zero attached hydrogens (tertiary/aromatic N) is 1. The van der Waals surface area contributed by atoms with Gasteiger partial charge in [0.1, 0.15) is 0 Å². The van der Waals surface area contributed by atoms with Gasteiger partial charge in [0.05, 0.1) is 28.2 Å². The van der Waals surface area contributed by atoms with Gasteiger partial charge in [-0.15, -0.1) is 0 Å². The highest BCUT2D eigenvalue weighted by Gasteiger charge is 2.27. The van der Waals surface area contributed by atoms with Gasteiger partial charge in [-0.05, 0) is 43.7 Å². The van der Waals surface area contributed by atoms with Crippen LogP contribution in [0.15, 0.2) is 48.5 Å². The third-order valence-electron chi connectivity index (χ3n) is 4.51. The maximum atomic E-state index is 12.5. The summed E-state index contributed by atoms with van der Waals surface area (Å²) in [5.74, 6) is -0.325. The van der Waals surface area contributed by atoms with Crippen molar-refractivity contribution in [3.63, 3.8) is 0 Å². The zero-order valence-electron chi connectivity index (χ0n) is 14.8. The molecule has 142 valence electrons. The second kappa shape index (κ2) is 9.22. The third kappa shape index (κ3) is 5.45. The maximum Gasteiger partial charge on any atom is 0.238 e. The Kier molecular flexibility index (Phi) is 6.72. The van der Waals surface area contributed by atoms with Crippen LogP contribution in [-0.2, 0) is 9.59 Å². The molecule has 2 amide bonds. The fraction of sp³-hybridized carbons (Fsp3) is 0.300. The Morgan fingerprint density at radius 2 is 1.81 bits per heavy atom. The van der Waals surface area contributed by atoms with Crippen LogP contribution in [0.4, 0.5) is 11.4 Å². The van der Waals surface area contributed by atoms with Crippen molar-refractivity contribution in [1.82, 2.24) is 4.90 Å². The number of anilines is 2. The zero-order valence-corrected chi connectivity index (χ0v) is 16.3. The summed E-state index contributed by atoms with van der Waals surface area (Å²) < 4.78 is 0. The Hall–Kier alpha value is -2.08. The Balaban J connectivity index is 1.54. The smallest absolute Gasteiger partial charge is 0.238 e. The number of likely N-dealkylation sites (tertiary alicyclic amines) is 1. The molecule has 0 bridgehead atoms. The van der Waals surface area contributed by atoms with Crippen LogP contribution in [0.2, 0.25) is 10.0 Å². The Bertz CT molecular complexity index is 814. The SMILES string of the molecule is O=C(CN1CCC[C@H](C(=O)Nc2ccccc2)C1)Nc1cccc(Cl)c1Cl. The van der Waals surface area contributed by atoms with Crippen molar-refractivity contribution >= 4 is 46.4 Å². The normalized spacial score (nSPS) is 17.3. The van der Waals surface area contributed by atoms with Gasteiger partial charge in [0.2, 0.25) is 11.8 Å². The molecule has 1 saturated heterocycles. The minimum absolute atomic E-state index is 0.0100. The number of hydrogen-bond acceptors (Lipinski definition) is 3. The van der Waals surface area contributed by atoms with E-state index in [4.69, 9.17) is 23.2 Å². The number of halogens is 2. The lowest BCUT2D eigenvalue weighted by molar-refractivity contribution is -0.123. The van der Waals surface area contributed by atoms with Crippen LogP contribution in [0.25, 0.3) is 0 Å². The van der Waals surface area contributed by atoms with E-state index in [2.05, 4.69) is 10.6 Å². The molecule has 1 aliphatic heterocycles. The quantitative estimate of drug-likeness (QED) is 0.779. The highest BCUT2D eigenvalue weighted by Crippen LogP contribution is 2.29. The van der Waals surface area contributed by atoms with Crippen LogP contribution in [0.1, 0.15) is 12.8 Å². The highest BCUT2D eigenvalue weighted by atomic mass is 35.5. The van der Waals surface area contributed by atoms with Crippen LogP contribution < -0.4 is 10.6 Å². The molecule has 1 atom stereocenters. The molecule has 27 heavy (non-hydrogen) atoms. The van der Waals surface area contributed by atoms with Gasteiger partial charge < -0.3 is 10.6 Å². The summed E-state index contributed by atoms with van der Waals surface area (Å²) in [6.45, 7) is 1.54. The van der Waals surface area contributed by atoms with E-state index in [1.54, 1.807) is 18.2 Å². The summed E-state index contributed by atoms with van der Waals surface area (Å²) in [6.07, 6.45) is 1.69. The minimum Gasteiger partial charge on any atom is -0.326 e. The number of hydrogen-bond donors (Lipinski definition) is 2. The Morgan fingerprint density at radius 3 is 2.59 bits per heavy atom. The summed E-state index contributed by atoms with van der Waals surface area (Å²) in [5.41, 5.74) is 1.28. The summed E-state index contributed by atoms with van der Waals surface area (Å²) >= 11 is 12.1. The average Bonchev–Trinajstić information content (AvgIpc) is 2.66. The lowest BCUT2D eigenvalue weighted by atomic mass is 9.97. The molecule has 2 N–H and O–H groups in total. The number of carbonyl (C=O) groups is 2. The Morgan fingerprint density at radius 1 is 1.04 bits per heavy atom. The van der Waals surface area contributed by atoms with Crippen LogP contribution in [-0.4, -0.2) is 36.3 Å². The first kappa shape index (κ1) is 19.7. The summed E-state index contributed by atoms with van der Waals surface area (Å²) in [4.78, 5) is 26.9. The zero-order chi connectivity index (χ0) is 19.2.